The molecule has 1 atom stereocenters. The Morgan fingerprint density at radius 2 is 2.00 bits per heavy atom. The Balaban J connectivity index is 2.28. The van der Waals surface area contributed by atoms with Crippen molar-refractivity contribution in [3.05, 3.63) is 35.6 Å². The molecule has 0 saturated carbocycles. The van der Waals surface area contributed by atoms with Crippen LogP contribution in [0, 0.1) is 11.2 Å². The van der Waals surface area contributed by atoms with E-state index >= 15 is 0 Å². The van der Waals surface area contributed by atoms with Crippen LogP contribution >= 0.6 is 0 Å². The van der Waals surface area contributed by atoms with E-state index in [-0.39, 0.29) is 17.1 Å². The molecule has 1 aliphatic rings. The third-order valence-electron chi connectivity index (χ3n) is 4.44. The fraction of sp³-hybridized carbons (Fsp3) is 0.611. The van der Waals surface area contributed by atoms with Crippen molar-refractivity contribution in [3.63, 3.8) is 0 Å². The van der Waals surface area contributed by atoms with Gasteiger partial charge in [0.05, 0.1) is 13.2 Å². The Kier molecular flexibility index (Phi) is 6.32. The van der Waals surface area contributed by atoms with Gasteiger partial charge in [0, 0.05) is 32.2 Å². The molecule has 1 fully saturated rings. The summed E-state index contributed by atoms with van der Waals surface area (Å²) in [5.41, 5.74) is 6.02. The van der Waals surface area contributed by atoms with Crippen molar-refractivity contribution in [1.82, 2.24) is 9.80 Å². The first-order valence-electron chi connectivity index (χ1n) is 8.37. The van der Waals surface area contributed by atoms with Crippen molar-refractivity contribution in [3.8, 4) is 0 Å². The number of carbonyl (C=O) groups excluding carboxylic acids is 1. The average molecular weight is 337 g/mol. The monoisotopic (exact) mass is 337 g/mol. The standard InChI is InChI=1S/C18H28FN3O2/c1-18(2,12-20)13-21(3)17(23)16(22-8-10-24-11-9-22)14-6-4-5-7-15(14)19/h4-7,16H,8-13,20H2,1-3H3. The van der Waals surface area contributed by atoms with E-state index < -0.39 is 6.04 Å². The maximum Gasteiger partial charge on any atom is 0.244 e. The van der Waals surface area contributed by atoms with Gasteiger partial charge in [-0.2, -0.15) is 0 Å². The quantitative estimate of drug-likeness (QED) is 0.857. The molecule has 1 unspecified atom stereocenters. The zero-order valence-corrected chi connectivity index (χ0v) is 14.8. The molecular formula is C18H28FN3O2. The van der Waals surface area contributed by atoms with E-state index in [9.17, 15) is 9.18 Å². The van der Waals surface area contributed by atoms with Crippen LogP contribution < -0.4 is 5.73 Å². The molecule has 24 heavy (non-hydrogen) atoms. The molecule has 0 aliphatic carbocycles. The lowest BCUT2D eigenvalue weighted by molar-refractivity contribution is -0.139. The summed E-state index contributed by atoms with van der Waals surface area (Å²) in [5.74, 6) is -0.461. The van der Waals surface area contributed by atoms with Crippen molar-refractivity contribution in [2.24, 2.45) is 11.1 Å². The van der Waals surface area contributed by atoms with Crippen LogP contribution in [0.1, 0.15) is 25.5 Å². The molecule has 1 saturated heterocycles. The molecule has 5 nitrogen and oxygen atoms in total. The minimum absolute atomic E-state index is 0.108. The van der Waals surface area contributed by atoms with Gasteiger partial charge in [-0.15, -0.1) is 0 Å². The Hall–Kier alpha value is -1.50. The fourth-order valence-corrected chi connectivity index (χ4v) is 3.01. The van der Waals surface area contributed by atoms with Crippen LogP contribution in [0.4, 0.5) is 4.39 Å². The summed E-state index contributed by atoms with van der Waals surface area (Å²) in [7, 11) is 1.76. The third kappa shape index (κ3) is 4.53. The summed E-state index contributed by atoms with van der Waals surface area (Å²) in [6, 6.07) is 5.87. The Morgan fingerprint density at radius 3 is 2.58 bits per heavy atom. The lowest BCUT2D eigenvalue weighted by Gasteiger charge is -2.37. The molecule has 1 aliphatic heterocycles. The molecular weight excluding hydrogens is 309 g/mol. The van der Waals surface area contributed by atoms with E-state index in [2.05, 4.69) is 0 Å². The van der Waals surface area contributed by atoms with E-state index in [1.807, 2.05) is 18.7 Å². The van der Waals surface area contributed by atoms with Crippen molar-refractivity contribution >= 4 is 5.91 Å². The van der Waals surface area contributed by atoms with E-state index in [0.29, 0.717) is 45.0 Å². The first-order chi connectivity index (χ1) is 11.4. The van der Waals surface area contributed by atoms with Gasteiger partial charge in [0.15, 0.2) is 0 Å². The Morgan fingerprint density at radius 1 is 1.38 bits per heavy atom. The van der Waals surface area contributed by atoms with Crippen LogP contribution in [0.5, 0.6) is 0 Å². The van der Waals surface area contributed by atoms with Gasteiger partial charge in [0.25, 0.3) is 0 Å². The molecule has 0 bridgehead atoms. The number of carbonyl (C=O) groups is 1. The van der Waals surface area contributed by atoms with Gasteiger partial charge in [-0.3, -0.25) is 9.69 Å². The highest BCUT2D eigenvalue weighted by molar-refractivity contribution is 5.83. The molecule has 0 aromatic heterocycles. The molecule has 0 spiro atoms. The molecule has 2 rings (SSSR count). The largest absolute Gasteiger partial charge is 0.379 e. The van der Waals surface area contributed by atoms with Crippen molar-refractivity contribution in [2.45, 2.75) is 19.9 Å². The predicted octanol–water partition coefficient (Wildman–Crippen LogP) is 1.64. The SMILES string of the molecule is CN(CC(C)(C)CN)C(=O)C(c1ccccc1F)N1CCOCC1. The number of morpholine rings is 1. The van der Waals surface area contributed by atoms with Gasteiger partial charge < -0.3 is 15.4 Å². The van der Waals surface area contributed by atoms with Crippen LogP contribution in [0.2, 0.25) is 0 Å². The molecule has 1 aromatic carbocycles. The zero-order valence-electron chi connectivity index (χ0n) is 14.8. The highest BCUT2D eigenvalue weighted by atomic mass is 19.1. The van der Waals surface area contributed by atoms with Gasteiger partial charge in [-0.05, 0) is 18.0 Å². The first kappa shape index (κ1) is 18.8. The molecule has 2 N–H and O–H groups in total. The smallest absolute Gasteiger partial charge is 0.244 e. The number of nitrogens with zero attached hydrogens (tertiary/aromatic N) is 2. The number of ether oxygens (including phenoxy) is 1. The van der Waals surface area contributed by atoms with Gasteiger partial charge >= 0.3 is 0 Å². The number of likely N-dealkylation sites (N-methyl/N-ethyl adjacent to an activating group) is 1. The van der Waals surface area contributed by atoms with Gasteiger partial charge in [-0.25, -0.2) is 4.39 Å². The highest BCUT2D eigenvalue weighted by Gasteiger charge is 2.34. The lowest BCUT2D eigenvalue weighted by atomic mass is 9.92. The zero-order chi connectivity index (χ0) is 17.7. The topological polar surface area (TPSA) is 58.8 Å². The summed E-state index contributed by atoms with van der Waals surface area (Å²) < 4.78 is 19.8. The van der Waals surface area contributed by atoms with E-state index in [0.717, 1.165) is 0 Å². The lowest BCUT2D eigenvalue weighted by Crippen LogP contribution is -2.48. The second-order valence-corrected chi connectivity index (χ2v) is 7.14. The molecule has 134 valence electrons. The number of amides is 1. The average Bonchev–Trinajstić information content (AvgIpc) is 2.57. The number of halogens is 1. The summed E-state index contributed by atoms with van der Waals surface area (Å²) in [6.45, 7) is 7.36. The molecule has 0 radical (unpaired) electrons. The highest BCUT2D eigenvalue weighted by Crippen LogP contribution is 2.27. The second kappa shape index (κ2) is 8.05. The second-order valence-electron chi connectivity index (χ2n) is 7.14. The van der Waals surface area contributed by atoms with Gasteiger partial charge in [0.1, 0.15) is 11.9 Å². The number of nitrogens with two attached hydrogens (primary N) is 1. The number of hydrogen-bond donors (Lipinski definition) is 1. The Bertz CT molecular complexity index is 559. The van der Waals surface area contributed by atoms with Gasteiger partial charge in [0.2, 0.25) is 5.91 Å². The summed E-state index contributed by atoms with van der Waals surface area (Å²) in [5, 5.41) is 0. The summed E-state index contributed by atoms with van der Waals surface area (Å²) in [6.07, 6.45) is 0. The minimum atomic E-state index is -0.631. The summed E-state index contributed by atoms with van der Waals surface area (Å²) in [4.78, 5) is 16.8. The normalized spacial score (nSPS) is 17.5. The van der Waals surface area contributed by atoms with Crippen LogP contribution in [0.25, 0.3) is 0 Å². The van der Waals surface area contributed by atoms with Crippen LogP contribution in [-0.4, -0.2) is 62.1 Å². The molecule has 1 heterocycles. The number of hydrogen-bond acceptors (Lipinski definition) is 4. The van der Waals surface area contributed by atoms with Crippen LogP contribution in [0.15, 0.2) is 24.3 Å². The number of benzene rings is 1. The maximum atomic E-state index is 14.4. The molecule has 1 amide bonds. The fourth-order valence-electron chi connectivity index (χ4n) is 3.01. The maximum absolute atomic E-state index is 14.4. The van der Waals surface area contributed by atoms with E-state index in [1.54, 1.807) is 30.1 Å². The van der Waals surface area contributed by atoms with Crippen LogP contribution in [-0.2, 0) is 9.53 Å². The van der Waals surface area contributed by atoms with Gasteiger partial charge in [-0.1, -0.05) is 32.0 Å². The summed E-state index contributed by atoms with van der Waals surface area (Å²) >= 11 is 0. The van der Waals surface area contributed by atoms with E-state index in [4.69, 9.17) is 10.5 Å². The predicted molar refractivity (Wildman–Crippen MR) is 92.0 cm³/mol. The first-order valence-corrected chi connectivity index (χ1v) is 8.37. The number of rotatable bonds is 6. The van der Waals surface area contributed by atoms with E-state index in [1.165, 1.54) is 6.07 Å². The molecule has 6 heteroatoms. The van der Waals surface area contributed by atoms with Crippen LogP contribution in [0.3, 0.4) is 0 Å². The Labute approximate surface area is 143 Å². The van der Waals surface area contributed by atoms with Crippen molar-refractivity contribution < 1.29 is 13.9 Å². The van der Waals surface area contributed by atoms with Crippen molar-refractivity contribution in [2.75, 3.05) is 46.4 Å². The third-order valence-corrected chi connectivity index (χ3v) is 4.44. The molecule has 1 aromatic rings. The van der Waals surface area contributed by atoms with Crippen molar-refractivity contribution in [1.29, 1.82) is 0 Å². The minimum Gasteiger partial charge on any atom is -0.379 e.